The molecule has 21 heavy (non-hydrogen) atoms. The summed E-state index contributed by atoms with van der Waals surface area (Å²) in [5.74, 6) is -0.0309. The Bertz CT molecular complexity index is 618. The van der Waals surface area contributed by atoms with E-state index in [2.05, 4.69) is 18.0 Å². The van der Waals surface area contributed by atoms with Gasteiger partial charge >= 0.3 is 0 Å². The summed E-state index contributed by atoms with van der Waals surface area (Å²) in [6, 6.07) is 8.10. The van der Waals surface area contributed by atoms with Crippen LogP contribution in [0.15, 0.2) is 41.0 Å². The minimum atomic E-state index is -0.0309. The van der Waals surface area contributed by atoms with Crippen LogP contribution in [-0.4, -0.2) is 24.2 Å². The van der Waals surface area contributed by atoms with E-state index in [0.717, 1.165) is 37.1 Å². The summed E-state index contributed by atoms with van der Waals surface area (Å²) in [5.41, 5.74) is 10.3. The molecule has 1 aromatic rings. The summed E-state index contributed by atoms with van der Waals surface area (Å²) in [7, 11) is 0. The van der Waals surface area contributed by atoms with Gasteiger partial charge in [0.25, 0.3) is 0 Å². The van der Waals surface area contributed by atoms with E-state index >= 15 is 0 Å². The van der Waals surface area contributed by atoms with Gasteiger partial charge in [-0.1, -0.05) is 31.5 Å². The van der Waals surface area contributed by atoms with Crippen molar-refractivity contribution < 1.29 is 4.79 Å². The fraction of sp³-hybridized carbons (Fsp3) is 0.412. The van der Waals surface area contributed by atoms with Crippen LogP contribution in [0.25, 0.3) is 0 Å². The third-order valence-electron chi connectivity index (χ3n) is 4.20. The van der Waals surface area contributed by atoms with E-state index in [1.165, 1.54) is 11.1 Å². The maximum Gasteiger partial charge on any atom is 0.241 e. The predicted octanol–water partition coefficient (Wildman–Crippen LogP) is 2.43. The van der Waals surface area contributed by atoms with E-state index in [9.17, 15) is 4.79 Å². The zero-order chi connectivity index (χ0) is 14.8. The second kappa shape index (κ2) is 5.82. The Kier molecular flexibility index (Phi) is 3.88. The number of fused-ring (bicyclic) bond motifs is 1. The number of nitrogens with zero attached hydrogens (tertiary/aromatic N) is 2. The van der Waals surface area contributed by atoms with E-state index in [1.54, 1.807) is 0 Å². The van der Waals surface area contributed by atoms with Crippen molar-refractivity contribution in [2.24, 2.45) is 10.7 Å². The molecule has 2 N–H and O–H groups in total. The molecule has 110 valence electrons. The van der Waals surface area contributed by atoms with Gasteiger partial charge in [-0.15, -0.1) is 0 Å². The lowest BCUT2D eigenvalue weighted by molar-refractivity contribution is -0.117. The first-order chi connectivity index (χ1) is 10.2. The molecule has 2 heterocycles. The lowest BCUT2D eigenvalue weighted by atomic mass is 10.00. The number of para-hydroxylation sites is 1. The van der Waals surface area contributed by atoms with Crippen LogP contribution in [-0.2, 0) is 11.2 Å². The van der Waals surface area contributed by atoms with E-state index in [4.69, 9.17) is 5.73 Å². The number of anilines is 1. The van der Waals surface area contributed by atoms with Gasteiger partial charge in [0.1, 0.15) is 0 Å². The molecule has 1 aromatic carbocycles. The second-order valence-electron chi connectivity index (χ2n) is 5.65. The van der Waals surface area contributed by atoms with E-state index < -0.39 is 0 Å². The van der Waals surface area contributed by atoms with Gasteiger partial charge in [0.2, 0.25) is 5.91 Å². The summed E-state index contributed by atoms with van der Waals surface area (Å²) in [4.78, 5) is 18.7. The summed E-state index contributed by atoms with van der Waals surface area (Å²) in [5, 5.41) is 0. The molecular weight excluding hydrogens is 262 g/mol. The van der Waals surface area contributed by atoms with Gasteiger partial charge in [0.05, 0.1) is 12.6 Å². The molecule has 0 saturated heterocycles. The average Bonchev–Trinajstić information content (AvgIpc) is 3.10. The van der Waals surface area contributed by atoms with Gasteiger partial charge in [0, 0.05) is 30.4 Å². The average molecular weight is 283 g/mol. The zero-order valence-electron chi connectivity index (χ0n) is 12.4. The number of benzene rings is 1. The molecule has 0 bridgehead atoms. The number of hydrogen-bond donors (Lipinski definition) is 1. The molecule has 1 atom stereocenters. The maximum absolute atomic E-state index is 12.3. The van der Waals surface area contributed by atoms with Crippen LogP contribution >= 0.6 is 0 Å². The SMILES string of the molecule is CCCC1=CN=C(C2Cc3ccccc3N2C(=O)CN)C1. The van der Waals surface area contributed by atoms with Crippen molar-refractivity contribution in [3.05, 3.63) is 41.6 Å². The monoisotopic (exact) mass is 283 g/mol. The Hall–Kier alpha value is -1.94. The first-order valence-corrected chi connectivity index (χ1v) is 7.59. The standard InChI is InChI=1S/C17H21N3O/c1-2-5-12-8-14(19-11-12)16-9-13-6-3-4-7-15(13)20(16)17(21)10-18/h3-4,6-7,11,16H,2,5,8-10,18H2,1H3. The fourth-order valence-electron chi connectivity index (χ4n) is 3.24. The van der Waals surface area contributed by atoms with Gasteiger partial charge < -0.3 is 10.6 Å². The second-order valence-corrected chi connectivity index (χ2v) is 5.65. The molecule has 4 nitrogen and oxygen atoms in total. The zero-order valence-corrected chi connectivity index (χ0v) is 12.4. The van der Waals surface area contributed by atoms with Gasteiger partial charge in [-0.2, -0.15) is 0 Å². The molecule has 2 aliphatic rings. The molecule has 3 rings (SSSR count). The number of allylic oxidation sites excluding steroid dienone is 1. The van der Waals surface area contributed by atoms with Crippen molar-refractivity contribution in [2.75, 3.05) is 11.4 Å². The highest BCUT2D eigenvalue weighted by Crippen LogP contribution is 2.35. The van der Waals surface area contributed by atoms with E-state index in [-0.39, 0.29) is 18.5 Å². The topological polar surface area (TPSA) is 58.7 Å². The van der Waals surface area contributed by atoms with Crippen molar-refractivity contribution in [2.45, 2.75) is 38.6 Å². The quantitative estimate of drug-likeness (QED) is 0.922. The Labute approximate surface area is 125 Å². The van der Waals surface area contributed by atoms with Crippen molar-refractivity contribution >= 4 is 17.3 Å². The molecule has 1 unspecified atom stereocenters. The highest BCUT2D eigenvalue weighted by molar-refractivity contribution is 6.07. The van der Waals surface area contributed by atoms with Crippen LogP contribution in [0.3, 0.4) is 0 Å². The number of carbonyl (C=O) groups is 1. The van der Waals surface area contributed by atoms with Gasteiger partial charge in [-0.25, -0.2) is 0 Å². The first kappa shape index (κ1) is 14.0. The molecule has 0 saturated carbocycles. The molecule has 4 heteroatoms. The number of nitrogens with two attached hydrogens (primary N) is 1. The van der Waals surface area contributed by atoms with Crippen molar-refractivity contribution in [3.63, 3.8) is 0 Å². The Morgan fingerprint density at radius 2 is 2.24 bits per heavy atom. The highest BCUT2D eigenvalue weighted by atomic mass is 16.2. The largest absolute Gasteiger partial charge is 0.322 e. The summed E-state index contributed by atoms with van der Waals surface area (Å²) >= 11 is 0. The van der Waals surface area contributed by atoms with Crippen molar-refractivity contribution in [1.82, 2.24) is 0 Å². The molecule has 0 radical (unpaired) electrons. The van der Waals surface area contributed by atoms with Crippen LogP contribution in [0.5, 0.6) is 0 Å². The number of carbonyl (C=O) groups excluding carboxylic acids is 1. The molecule has 1 amide bonds. The third-order valence-corrected chi connectivity index (χ3v) is 4.20. The van der Waals surface area contributed by atoms with Crippen LogP contribution in [0.2, 0.25) is 0 Å². The van der Waals surface area contributed by atoms with Crippen LogP contribution in [0.1, 0.15) is 31.7 Å². The smallest absolute Gasteiger partial charge is 0.241 e. The summed E-state index contributed by atoms with van der Waals surface area (Å²) in [6.07, 6.45) is 5.92. The van der Waals surface area contributed by atoms with Gasteiger partial charge in [0.15, 0.2) is 0 Å². The summed E-state index contributed by atoms with van der Waals surface area (Å²) in [6.45, 7) is 2.21. The molecule has 0 fully saturated rings. The van der Waals surface area contributed by atoms with Crippen LogP contribution in [0.4, 0.5) is 5.69 Å². The Morgan fingerprint density at radius 1 is 1.43 bits per heavy atom. The number of hydrogen-bond acceptors (Lipinski definition) is 3. The predicted molar refractivity (Wildman–Crippen MR) is 85.5 cm³/mol. The molecule has 2 aliphatic heterocycles. The third kappa shape index (κ3) is 2.51. The number of aliphatic imine (C=N–C) groups is 1. The molecule has 0 spiro atoms. The molecule has 0 aromatic heterocycles. The minimum Gasteiger partial charge on any atom is -0.322 e. The van der Waals surface area contributed by atoms with E-state index in [1.807, 2.05) is 29.3 Å². The minimum absolute atomic E-state index is 0.0309. The van der Waals surface area contributed by atoms with E-state index in [0.29, 0.717) is 0 Å². The van der Waals surface area contributed by atoms with Crippen molar-refractivity contribution in [3.8, 4) is 0 Å². The normalized spacial score (nSPS) is 20.3. The molecular formula is C17H21N3O. The van der Waals surface area contributed by atoms with Gasteiger partial charge in [-0.3, -0.25) is 9.79 Å². The van der Waals surface area contributed by atoms with Gasteiger partial charge in [-0.05, 0) is 23.6 Å². The van der Waals surface area contributed by atoms with Crippen LogP contribution < -0.4 is 10.6 Å². The number of rotatable bonds is 4. The lowest BCUT2D eigenvalue weighted by Crippen LogP contribution is -2.45. The first-order valence-electron chi connectivity index (χ1n) is 7.59. The van der Waals surface area contributed by atoms with Crippen molar-refractivity contribution in [1.29, 1.82) is 0 Å². The maximum atomic E-state index is 12.3. The highest BCUT2D eigenvalue weighted by Gasteiger charge is 2.36. The Morgan fingerprint density at radius 3 is 3.00 bits per heavy atom. The lowest BCUT2D eigenvalue weighted by Gasteiger charge is -2.25. The molecule has 0 aliphatic carbocycles. The fourth-order valence-corrected chi connectivity index (χ4v) is 3.24. The Balaban J connectivity index is 1.85. The van der Waals surface area contributed by atoms with Crippen LogP contribution in [0, 0.1) is 0 Å². The number of amides is 1. The summed E-state index contributed by atoms with van der Waals surface area (Å²) < 4.78 is 0.